The van der Waals surface area contributed by atoms with Crippen LogP contribution in [0.4, 0.5) is 0 Å². The van der Waals surface area contributed by atoms with Crippen molar-refractivity contribution in [1.29, 1.82) is 0 Å². The van der Waals surface area contributed by atoms with E-state index in [1.807, 2.05) is 30.3 Å². The van der Waals surface area contributed by atoms with Crippen molar-refractivity contribution in [1.82, 2.24) is 9.71 Å². The Balaban J connectivity index is 2.20. The molecule has 0 aliphatic carbocycles. The summed E-state index contributed by atoms with van der Waals surface area (Å²) in [4.78, 5) is 3.85. The largest absolute Gasteiger partial charge is 0.258 e. The second kappa shape index (κ2) is 5.29. The summed E-state index contributed by atoms with van der Waals surface area (Å²) in [6.07, 6.45) is 1.46. The fourth-order valence-electron chi connectivity index (χ4n) is 1.61. The standard InChI is InChI=1S/C13H14N2O2S/c1-11(12-7-3-2-4-8-12)15-18(16,17)13-9-5-6-10-14-13/h2-11,15H,1H3/t11-/m1/s1. The minimum atomic E-state index is -3.57. The van der Waals surface area contributed by atoms with Crippen molar-refractivity contribution < 1.29 is 8.42 Å². The molecular formula is C13H14N2O2S. The van der Waals surface area contributed by atoms with E-state index < -0.39 is 10.0 Å². The monoisotopic (exact) mass is 262 g/mol. The van der Waals surface area contributed by atoms with E-state index in [4.69, 9.17) is 0 Å². The van der Waals surface area contributed by atoms with Gasteiger partial charge < -0.3 is 0 Å². The molecule has 0 saturated heterocycles. The Labute approximate surface area is 107 Å². The van der Waals surface area contributed by atoms with Gasteiger partial charge in [-0.2, -0.15) is 0 Å². The Hall–Kier alpha value is -1.72. The second-order valence-corrected chi connectivity index (χ2v) is 5.58. The average Bonchev–Trinajstić information content (AvgIpc) is 2.40. The fraction of sp³-hybridized carbons (Fsp3) is 0.154. The molecule has 0 aliphatic heterocycles. The van der Waals surface area contributed by atoms with E-state index in [0.717, 1.165) is 5.56 Å². The third kappa shape index (κ3) is 2.94. The summed E-state index contributed by atoms with van der Waals surface area (Å²) >= 11 is 0. The molecule has 2 rings (SSSR count). The molecule has 0 fully saturated rings. The zero-order valence-electron chi connectivity index (χ0n) is 9.95. The van der Waals surface area contributed by atoms with Gasteiger partial charge in [-0.3, -0.25) is 0 Å². The maximum atomic E-state index is 12.0. The first-order chi connectivity index (χ1) is 8.59. The number of hydrogen-bond acceptors (Lipinski definition) is 3. The van der Waals surface area contributed by atoms with Gasteiger partial charge in [0, 0.05) is 12.2 Å². The lowest BCUT2D eigenvalue weighted by atomic mass is 10.1. The molecule has 0 spiro atoms. The zero-order chi connectivity index (χ0) is 13.0. The van der Waals surface area contributed by atoms with E-state index in [1.165, 1.54) is 12.3 Å². The maximum Gasteiger partial charge on any atom is 0.258 e. The molecule has 1 N–H and O–H groups in total. The SMILES string of the molecule is C[C@@H](NS(=O)(=O)c1ccccn1)c1ccccc1. The van der Waals surface area contributed by atoms with E-state index in [1.54, 1.807) is 19.1 Å². The Bertz CT molecular complexity index is 597. The van der Waals surface area contributed by atoms with Crippen molar-refractivity contribution in [2.75, 3.05) is 0 Å². The zero-order valence-corrected chi connectivity index (χ0v) is 10.8. The molecule has 0 amide bonds. The lowest BCUT2D eigenvalue weighted by molar-refractivity contribution is 0.563. The molecule has 0 radical (unpaired) electrons. The molecule has 1 atom stereocenters. The van der Waals surface area contributed by atoms with Crippen LogP contribution in [-0.2, 0) is 10.0 Å². The molecule has 0 unspecified atom stereocenters. The van der Waals surface area contributed by atoms with E-state index in [-0.39, 0.29) is 11.1 Å². The van der Waals surface area contributed by atoms with E-state index >= 15 is 0 Å². The number of rotatable bonds is 4. The number of hydrogen-bond donors (Lipinski definition) is 1. The lowest BCUT2D eigenvalue weighted by Gasteiger charge is -2.13. The number of nitrogens with one attached hydrogen (secondary N) is 1. The van der Waals surface area contributed by atoms with E-state index in [2.05, 4.69) is 9.71 Å². The van der Waals surface area contributed by atoms with Crippen molar-refractivity contribution in [2.24, 2.45) is 0 Å². The Kier molecular flexibility index (Phi) is 3.74. The number of benzene rings is 1. The van der Waals surface area contributed by atoms with Gasteiger partial charge in [0.05, 0.1) is 0 Å². The van der Waals surface area contributed by atoms with Crippen molar-refractivity contribution in [3.05, 3.63) is 60.3 Å². The van der Waals surface area contributed by atoms with Crippen LogP contribution in [0, 0.1) is 0 Å². The molecule has 18 heavy (non-hydrogen) atoms. The van der Waals surface area contributed by atoms with Gasteiger partial charge in [-0.25, -0.2) is 18.1 Å². The van der Waals surface area contributed by atoms with Gasteiger partial charge >= 0.3 is 0 Å². The summed E-state index contributed by atoms with van der Waals surface area (Å²) in [5.74, 6) is 0. The number of nitrogens with zero attached hydrogens (tertiary/aromatic N) is 1. The van der Waals surface area contributed by atoms with Gasteiger partial charge in [0.25, 0.3) is 10.0 Å². The van der Waals surface area contributed by atoms with Crippen LogP contribution in [0.1, 0.15) is 18.5 Å². The van der Waals surface area contributed by atoms with Gasteiger partial charge in [0.1, 0.15) is 0 Å². The topological polar surface area (TPSA) is 59.1 Å². The van der Waals surface area contributed by atoms with Crippen molar-refractivity contribution in [3.8, 4) is 0 Å². The van der Waals surface area contributed by atoms with Gasteiger partial charge in [-0.1, -0.05) is 36.4 Å². The van der Waals surface area contributed by atoms with Gasteiger partial charge in [-0.15, -0.1) is 0 Å². The fourth-order valence-corrected chi connectivity index (χ4v) is 2.79. The smallest absolute Gasteiger partial charge is 0.243 e. The van der Waals surface area contributed by atoms with E-state index in [9.17, 15) is 8.42 Å². The first-order valence-corrected chi connectivity index (χ1v) is 7.06. The average molecular weight is 262 g/mol. The molecule has 0 bridgehead atoms. The first-order valence-electron chi connectivity index (χ1n) is 5.58. The predicted molar refractivity (Wildman–Crippen MR) is 69.4 cm³/mol. The molecular weight excluding hydrogens is 248 g/mol. The lowest BCUT2D eigenvalue weighted by Crippen LogP contribution is -2.27. The number of pyridine rings is 1. The number of aromatic nitrogens is 1. The summed E-state index contributed by atoms with van der Waals surface area (Å²) < 4.78 is 26.7. The normalized spacial score (nSPS) is 13.2. The summed E-state index contributed by atoms with van der Waals surface area (Å²) in [6.45, 7) is 1.80. The van der Waals surface area contributed by atoms with Crippen LogP contribution in [0.3, 0.4) is 0 Å². The van der Waals surface area contributed by atoms with Crippen LogP contribution in [0.15, 0.2) is 59.8 Å². The van der Waals surface area contributed by atoms with Crippen molar-refractivity contribution >= 4 is 10.0 Å². The molecule has 94 valence electrons. The second-order valence-electron chi connectivity index (χ2n) is 3.92. The third-order valence-corrected chi connectivity index (χ3v) is 4.00. The van der Waals surface area contributed by atoms with Crippen LogP contribution in [-0.4, -0.2) is 13.4 Å². The van der Waals surface area contributed by atoms with Crippen LogP contribution >= 0.6 is 0 Å². The summed E-state index contributed by atoms with van der Waals surface area (Å²) in [5, 5.41) is 0.0350. The van der Waals surface area contributed by atoms with Crippen molar-refractivity contribution in [2.45, 2.75) is 18.0 Å². The van der Waals surface area contributed by atoms with Crippen LogP contribution in [0.2, 0.25) is 0 Å². The molecule has 2 aromatic rings. The van der Waals surface area contributed by atoms with Gasteiger partial charge in [0.15, 0.2) is 5.03 Å². The Morgan fingerprint density at radius 3 is 2.33 bits per heavy atom. The first kappa shape index (κ1) is 12.7. The molecule has 1 aromatic carbocycles. The van der Waals surface area contributed by atoms with Crippen LogP contribution in [0.25, 0.3) is 0 Å². The molecule has 0 saturated carbocycles. The molecule has 5 heteroatoms. The molecule has 1 aromatic heterocycles. The Morgan fingerprint density at radius 1 is 1.06 bits per heavy atom. The highest BCUT2D eigenvalue weighted by molar-refractivity contribution is 7.89. The van der Waals surface area contributed by atoms with Crippen molar-refractivity contribution in [3.63, 3.8) is 0 Å². The highest BCUT2D eigenvalue weighted by Crippen LogP contribution is 2.14. The summed E-state index contributed by atoms with van der Waals surface area (Å²) in [5.41, 5.74) is 0.914. The summed E-state index contributed by atoms with van der Waals surface area (Å²) in [7, 11) is -3.57. The molecule has 0 aliphatic rings. The summed E-state index contributed by atoms with van der Waals surface area (Å²) in [6, 6.07) is 13.9. The predicted octanol–water partition coefficient (Wildman–Crippen LogP) is 2.12. The Morgan fingerprint density at radius 2 is 1.72 bits per heavy atom. The quantitative estimate of drug-likeness (QED) is 0.918. The van der Waals surface area contributed by atoms with Crippen LogP contribution in [0.5, 0.6) is 0 Å². The van der Waals surface area contributed by atoms with E-state index in [0.29, 0.717) is 0 Å². The van der Waals surface area contributed by atoms with Gasteiger partial charge in [-0.05, 0) is 24.6 Å². The number of sulfonamides is 1. The molecule has 1 heterocycles. The maximum absolute atomic E-state index is 12.0. The van der Waals surface area contributed by atoms with Gasteiger partial charge in [0.2, 0.25) is 0 Å². The molecule has 4 nitrogen and oxygen atoms in total. The highest BCUT2D eigenvalue weighted by Gasteiger charge is 2.18. The highest BCUT2D eigenvalue weighted by atomic mass is 32.2. The van der Waals surface area contributed by atoms with Crippen LogP contribution < -0.4 is 4.72 Å². The minimum absolute atomic E-state index is 0.0350. The third-order valence-electron chi connectivity index (χ3n) is 2.54. The minimum Gasteiger partial charge on any atom is -0.243 e.